The van der Waals surface area contributed by atoms with Crippen LogP contribution in [0, 0.1) is 13.8 Å². The number of rotatable bonds is 5. The van der Waals surface area contributed by atoms with Gasteiger partial charge in [-0.3, -0.25) is 4.79 Å². The number of methoxy groups -OCH3 is 1. The number of thiophene rings is 1. The highest BCUT2D eigenvalue weighted by molar-refractivity contribution is 7.80. The maximum atomic E-state index is 13.0. The van der Waals surface area contributed by atoms with E-state index in [4.69, 9.17) is 17.0 Å². The number of anilines is 2. The Kier molecular flexibility index (Phi) is 7.33. The van der Waals surface area contributed by atoms with E-state index in [9.17, 15) is 9.59 Å². The number of benzene rings is 1. The summed E-state index contributed by atoms with van der Waals surface area (Å²) in [5.41, 5.74) is 4.56. The molecule has 0 bridgehead atoms. The lowest BCUT2D eigenvalue weighted by Gasteiger charge is -2.32. The van der Waals surface area contributed by atoms with Crippen LogP contribution in [0.1, 0.15) is 57.0 Å². The first-order valence-corrected chi connectivity index (χ1v) is 11.7. The van der Waals surface area contributed by atoms with E-state index in [0.29, 0.717) is 39.2 Å². The normalized spacial score (nSPS) is 12.9. The van der Waals surface area contributed by atoms with Crippen molar-refractivity contribution in [2.24, 2.45) is 0 Å². The molecule has 2 heterocycles. The van der Waals surface area contributed by atoms with Crippen molar-refractivity contribution in [1.82, 2.24) is 4.90 Å². The molecule has 1 aromatic heterocycles. The Morgan fingerprint density at radius 3 is 2.61 bits per heavy atom. The number of nitrogens with zero attached hydrogens (tertiary/aromatic N) is 2. The van der Waals surface area contributed by atoms with Gasteiger partial charge in [-0.05, 0) is 69.9 Å². The summed E-state index contributed by atoms with van der Waals surface area (Å²) >= 11 is 6.99. The highest BCUT2D eigenvalue weighted by Crippen LogP contribution is 2.36. The van der Waals surface area contributed by atoms with Gasteiger partial charge in [0.25, 0.3) is 5.91 Å². The van der Waals surface area contributed by atoms with Gasteiger partial charge in [0.15, 0.2) is 5.11 Å². The van der Waals surface area contributed by atoms with Crippen LogP contribution in [0.25, 0.3) is 0 Å². The van der Waals surface area contributed by atoms with Gasteiger partial charge in [-0.25, -0.2) is 4.79 Å². The van der Waals surface area contributed by atoms with E-state index in [-0.39, 0.29) is 5.91 Å². The minimum absolute atomic E-state index is 0.0876. The van der Waals surface area contributed by atoms with Crippen molar-refractivity contribution in [2.45, 2.75) is 40.5 Å². The number of amides is 1. The summed E-state index contributed by atoms with van der Waals surface area (Å²) in [5.74, 6) is -0.567. The van der Waals surface area contributed by atoms with Crippen molar-refractivity contribution in [3.05, 3.63) is 45.3 Å². The molecule has 0 atom stereocenters. The molecule has 0 fully saturated rings. The molecule has 0 saturated heterocycles. The van der Waals surface area contributed by atoms with Gasteiger partial charge in [0.1, 0.15) is 5.00 Å². The minimum Gasteiger partial charge on any atom is -0.465 e. The predicted octanol–water partition coefficient (Wildman–Crippen LogP) is 4.78. The molecule has 0 radical (unpaired) electrons. The summed E-state index contributed by atoms with van der Waals surface area (Å²) in [7, 11) is 1.34. The Balaban J connectivity index is 1.96. The van der Waals surface area contributed by atoms with Gasteiger partial charge >= 0.3 is 5.97 Å². The molecule has 0 unspecified atom stereocenters. The second kappa shape index (κ2) is 9.78. The van der Waals surface area contributed by atoms with E-state index in [1.807, 2.05) is 13.8 Å². The molecular formula is C23H29N3O3S2. The van der Waals surface area contributed by atoms with Gasteiger partial charge in [0.2, 0.25) is 0 Å². The number of fused-ring (bicyclic) bond motifs is 1. The van der Waals surface area contributed by atoms with E-state index in [1.54, 1.807) is 11.8 Å². The summed E-state index contributed by atoms with van der Waals surface area (Å²) in [5, 5.41) is 4.30. The number of carbonyl (C=O) groups is 2. The summed E-state index contributed by atoms with van der Waals surface area (Å²) in [4.78, 5) is 29.9. The van der Waals surface area contributed by atoms with Crippen LogP contribution < -0.4 is 10.2 Å². The van der Waals surface area contributed by atoms with Crippen LogP contribution in [0.3, 0.4) is 0 Å². The van der Waals surface area contributed by atoms with Crippen LogP contribution in [0.5, 0.6) is 0 Å². The fourth-order valence-corrected chi connectivity index (χ4v) is 5.43. The molecule has 0 aliphatic carbocycles. The Labute approximate surface area is 193 Å². The number of hydrogen-bond acceptors (Lipinski definition) is 5. The monoisotopic (exact) mass is 459 g/mol. The smallest absolute Gasteiger partial charge is 0.341 e. The number of nitrogens with one attached hydrogen (secondary N) is 1. The molecule has 0 saturated carbocycles. The van der Waals surface area contributed by atoms with Crippen LogP contribution >= 0.6 is 23.6 Å². The van der Waals surface area contributed by atoms with Crippen molar-refractivity contribution < 1.29 is 14.3 Å². The van der Waals surface area contributed by atoms with E-state index in [0.717, 1.165) is 25.1 Å². The highest BCUT2D eigenvalue weighted by Gasteiger charge is 2.29. The van der Waals surface area contributed by atoms with E-state index >= 15 is 0 Å². The number of ether oxygens (including phenoxy) is 1. The van der Waals surface area contributed by atoms with E-state index < -0.39 is 5.97 Å². The minimum atomic E-state index is -0.479. The molecular weight excluding hydrogens is 430 g/mol. The quantitative estimate of drug-likeness (QED) is 0.513. The molecule has 1 amide bonds. The molecule has 0 spiro atoms. The predicted molar refractivity (Wildman–Crippen MR) is 131 cm³/mol. The van der Waals surface area contributed by atoms with Crippen LogP contribution in [0.4, 0.5) is 10.7 Å². The average molecular weight is 460 g/mol. The SMILES string of the molecule is CCN(CC)C(=O)c1sc(NC(=S)N2CCCc3cc(C)ccc32)c(C(=O)OC)c1C. The summed E-state index contributed by atoms with van der Waals surface area (Å²) in [6.45, 7) is 9.75. The Morgan fingerprint density at radius 1 is 1.26 bits per heavy atom. The van der Waals surface area contributed by atoms with Crippen LogP contribution in [0.2, 0.25) is 0 Å². The van der Waals surface area contributed by atoms with Crippen molar-refractivity contribution >= 4 is 51.2 Å². The first-order valence-electron chi connectivity index (χ1n) is 10.5. The standard InChI is InChI=1S/C23H29N3O3S2/c1-6-25(7-2)21(27)19-15(4)18(22(28)29-5)20(31-19)24-23(30)26-12-8-9-16-13-14(3)10-11-17(16)26/h10-11,13H,6-9,12H2,1-5H3,(H,24,30). The Morgan fingerprint density at radius 2 is 1.97 bits per heavy atom. The lowest BCUT2D eigenvalue weighted by molar-refractivity contribution is 0.0601. The van der Waals surface area contributed by atoms with Gasteiger partial charge in [-0.15, -0.1) is 11.3 Å². The number of carbonyl (C=O) groups excluding carboxylic acids is 2. The van der Waals surface area contributed by atoms with Gasteiger partial charge < -0.3 is 19.9 Å². The molecule has 3 rings (SSSR count). The Hall–Kier alpha value is -2.45. The molecule has 2 aromatic rings. The van der Waals surface area contributed by atoms with E-state index in [2.05, 4.69) is 35.3 Å². The highest BCUT2D eigenvalue weighted by atomic mass is 32.1. The number of aryl methyl sites for hydroxylation is 2. The summed E-state index contributed by atoms with van der Waals surface area (Å²) in [6.07, 6.45) is 2.02. The number of thiocarbonyl (C=S) groups is 1. The third-order valence-corrected chi connectivity index (χ3v) is 7.12. The summed E-state index contributed by atoms with van der Waals surface area (Å²) < 4.78 is 5.01. The second-order valence-electron chi connectivity index (χ2n) is 7.55. The topological polar surface area (TPSA) is 61.9 Å². The van der Waals surface area contributed by atoms with Crippen molar-refractivity contribution in [1.29, 1.82) is 0 Å². The fourth-order valence-electron chi connectivity index (χ4n) is 3.91. The zero-order valence-corrected chi connectivity index (χ0v) is 20.3. The molecule has 1 aromatic carbocycles. The lowest BCUT2D eigenvalue weighted by Crippen LogP contribution is -2.38. The first-order chi connectivity index (χ1) is 14.8. The molecule has 166 valence electrons. The van der Waals surface area contributed by atoms with Gasteiger partial charge in [0.05, 0.1) is 17.6 Å². The fraction of sp³-hybridized carbons (Fsp3) is 0.435. The lowest BCUT2D eigenvalue weighted by atomic mass is 10.00. The van der Waals surface area contributed by atoms with Crippen LogP contribution in [-0.4, -0.2) is 48.6 Å². The van der Waals surface area contributed by atoms with Crippen molar-refractivity contribution in [3.63, 3.8) is 0 Å². The molecule has 1 aliphatic heterocycles. The van der Waals surface area contributed by atoms with Gasteiger partial charge in [0, 0.05) is 25.3 Å². The maximum absolute atomic E-state index is 13.0. The average Bonchev–Trinajstić information content (AvgIpc) is 3.08. The number of esters is 1. The molecule has 31 heavy (non-hydrogen) atoms. The third-order valence-electron chi connectivity index (χ3n) is 5.60. The third kappa shape index (κ3) is 4.60. The maximum Gasteiger partial charge on any atom is 0.341 e. The van der Waals surface area contributed by atoms with Crippen molar-refractivity contribution in [3.8, 4) is 0 Å². The molecule has 8 heteroatoms. The zero-order valence-electron chi connectivity index (χ0n) is 18.7. The zero-order chi connectivity index (χ0) is 22.7. The van der Waals surface area contributed by atoms with E-state index in [1.165, 1.54) is 29.6 Å². The number of hydrogen-bond donors (Lipinski definition) is 1. The van der Waals surface area contributed by atoms with Crippen LogP contribution in [0.15, 0.2) is 18.2 Å². The Bertz CT molecular complexity index is 1010. The first kappa shape index (κ1) is 23.2. The van der Waals surface area contributed by atoms with Gasteiger partial charge in [-0.2, -0.15) is 0 Å². The largest absolute Gasteiger partial charge is 0.465 e. The van der Waals surface area contributed by atoms with Crippen LogP contribution in [-0.2, 0) is 11.2 Å². The van der Waals surface area contributed by atoms with Gasteiger partial charge in [-0.1, -0.05) is 17.7 Å². The van der Waals surface area contributed by atoms with Crippen molar-refractivity contribution in [2.75, 3.05) is 37.0 Å². The molecule has 1 aliphatic rings. The molecule has 1 N–H and O–H groups in total. The molecule has 6 nitrogen and oxygen atoms in total. The second-order valence-corrected chi connectivity index (χ2v) is 8.95. The summed E-state index contributed by atoms with van der Waals surface area (Å²) in [6, 6.07) is 6.37.